The number of carbonyl (C=O) groups is 3. The van der Waals surface area contributed by atoms with Crippen LogP contribution in [-0.4, -0.2) is 30.3 Å². The van der Waals surface area contributed by atoms with Crippen molar-refractivity contribution in [3.8, 4) is 0 Å². The van der Waals surface area contributed by atoms with Gasteiger partial charge in [0.05, 0.1) is 6.54 Å². The molecule has 13 heavy (non-hydrogen) atoms. The fourth-order valence-electron chi connectivity index (χ4n) is 0.698. The summed E-state index contributed by atoms with van der Waals surface area (Å²) in [5, 5.41) is 4.62. The molecule has 1 atom stereocenters. The molecule has 0 aliphatic carbocycles. The Bertz CT molecular complexity index is 227. The van der Waals surface area contributed by atoms with Crippen molar-refractivity contribution >= 4 is 17.7 Å². The van der Waals surface area contributed by atoms with Crippen molar-refractivity contribution in [1.29, 1.82) is 0 Å². The van der Waals surface area contributed by atoms with Crippen LogP contribution in [0, 0.1) is 0 Å². The zero-order chi connectivity index (χ0) is 10.4. The standard InChI is InChI=1S/C7H13N3O3/c1-4(10-5(2)11)7(13)9-3-6(8)12/h4H,3H2,1-2H3,(H2,8,12)(H,9,13)(H,10,11)/t4-/m0/s1. The highest BCUT2D eigenvalue weighted by Gasteiger charge is 2.13. The van der Waals surface area contributed by atoms with Gasteiger partial charge in [0.15, 0.2) is 0 Å². The van der Waals surface area contributed by atoms with E-state index >= 15 is 0 Å². The maximum atomic E-state index is 11.0. The molecule has 0 spiro atoms. The first-order valence-electron chi connectivity index (χ1n) is 3.76. The molecule has 74 valence electrons. The molecule has 4 N–H and O–H groups in total. The zero-order valence-corrected chi connectivity index (χ0v) is 7.59. The lowest BCUT2D eigenvalue weighted by atomic mass is 10.3. The van der Waals surface area contributed by atoms with Crippen LogP contribution >= 0.6 is 0 Å². The van der Waals surface area contributed by atoms with E-state index in [0.29, 0.717) is 0 Å². The Labute approximate surface area is 75.9 Å². The van der Waals surface area contributed by atoms with Crippen LogP contribution < -0.4 is 16.4 Å². The molecule has 0 aromatic rings. The largest absolute Gasteiger partial charge is 0.368 e. The van der Waals surface area contributed by atoms with E-state index < -0.39 is 17.9 Å². The van der Waals surface area contributed by atoms with Gasteiger partial charge in [-0.15, -0.1) is 0 Å². The lowest BCUT2D eigenvalue weighted by molar-refractivity contribution is -0.128. The molecule has 0 saturated heterocycles. The molecule has 0 aliphatic rings. The smallest absolute Gasteiger partial charge is 0.242 e. The number of amides is 3. The van der Waals surface area contributed by atoms with Gasteiger partial charge in [-0.3, -0.25) is 14.4 Å². The van der Waals surface area contributed by atoms with Crippen LogP contribution in [0.1, 0.15) is 13.8 Å². The molecular formula is C7H13N3O3. The first-order chi connectivity index (χ1) is 5.93. The van der Waals surface area contributed by atoms with Crippen molar-refractivity contribution in [1.82, 2.24) is 10.6 Å². The molecule has 0 aromatic heterocycles. The number of carbonyl (C=O) groups excluding carboxylic acids is 3. The maximum Gasteiger partial charge on any atom is 0.242 e. The van der Waals surface area contributed by atoms with Crippen LogP contribution in [0.25, 0.3) is 0 Å². The summed E-state index contributed by atoms with van der Waals surface area (Å²) in [5.41, 5.74) is 4.80. The molecule has 0 fully saturated rings. The van der Waals surface area contributed by atoms with Crippen LogP contribution in [0.15, 0.2) is 0 Å². The summed E-state index contributed by atoms with van der Waals surface area (Å²) in [4.78, 5) is 31.8. The average Bonchev–Trinajstić information content (AvgIpc) is 1.98. The van der Waals surface area contributed by atoms with Gasteiger partial charge < -0.3 is 16.4 Å². The van der Waals surface area contributed by atoms with E-state index in [0.717, 1.165) is 0 Å². The lowest BCUT2D eigenvalue weighted by Crippen LogP contribution is -2.46. The summed E-state index contributed by atoms with van der Waals surface area (Å²) < 4.78 is 0. The van der Waals surface area contributed by atoms with Crippen molar-refractivity contribution in [2.45, 2.75) is 19.9 Å². The van der Waals surface area contributed by atoms with Gasteiger partial charge in [0.2, 0.25) is 17.7 Å². The van der Waals surface area contributed by atoms with Gasteiger partial charge in [-0.2, -0.15) is 0 Å². The second-order valence-electron chi connectivity index (χ2n) is 2.61. The van der Waals surface area contributed by atoms with Gasteiger partial charge >= 0.3 is 0 Å². The van der Waals surface area contributed by atoms with Crippen molar-refractivity contribution in [2.24, 2.45) is 5.73 Å². The Morgan fingerprint density at radius 1 is 1.38 bits per heavy atom. The minimum Gasteiger partial charge on any atom is -0.368 e. The molecule has 0 radical (unpaired) electrons. The van der Waals surface area contributed by atoms with Gasteiger partial charge in [-0.25, -0.2) is 0 Å². The summed E-state index contributed by atoms with van der Waals surface area (Å²) in [7, 11) is 0. The van der Waals surface area contributed by atoms with E-state index in [1.165, 1.54) is 13.8 Å². The van der Waals surface area contributed by atoms with Crippen LogP contribution in [0.5, 0.6) is 0 Å². The number of rotatable bonds is 4. The SMILES string of the molecule is CC(=O)N[C@@H](C)C(=O)NCC(N)=O. The number of hydrogen-bond acceptors (Lipinski definition) is 3. The Kier molecular flexibility index (Phi) is 4.50. The number of nitrogens with two attached hydrogens (primary N) is 1. The molecule has 6 nitrogen and oxygen atoms in total. The quantitative estimate of drug-likeness (QED) is 0.479. The molecule has 0 aromatic carbocycles. The average molecular weight is 187 g/mol. The second-order valence-corrected chi connectivity index (χ2v) is 2.61. The Balaban J connectivity index is 3.82. The zero-order valence-electron chi connectivity index (χ0n) is 7.59. The Morgan fingerprint density at radius 2 is 1.92 bits per heavy atom. The highest BCUT2D eigenvalue weighted by molar-refractivity contribution is 5.89. The summed E-state index contributed by atoms with van der Waals surface area (Å²) in [5.74, 6) is -1.36. The summed E-state index contributed by atoms with van der Waals surface area (Å²) in [6.07, 6.45) is 0. The predicted octanol–water partition coefficient (Wildman–Crippen LogP) is -1.89. The fourth-order valence-corrected chi connectivity index (χ4v) is 0.698. The van der Waals surface area contributed by atoms with E-state index in [1.807, 2.05) is 0 Å². The highest BCUT2D eigenvalue weighted by atomic mass is 16.2. The molecule has 0 bridgehead atoms. The molecular weight excluding hydrogens is 174 g/mol. The van der Waals surface area contributed by atoms with Crippen molar-refractivity contribution in [3.05, 3.63) is 0 Å². The molecule has 0 heterocycles. The van der Waals surface area contributed by atoms with E-state index in [4.69, 9.17) is 5.73 Å². The Hall–Kier alpha value is -1.59. The summed E-state index contributed by atoms with van der Waals surface area (Å²) >= 11 is 0. The van der Waals surface area contributed by atoms with E-state index in [9.17, 15) is 14.4 Å². The van der Waals surface area contributed by atoms with Gasteiger partial charge in [-0.1, -0.05) is 0 Å². The van der Waals surface area contributed by atoms with Gasteiger partial charge in [-0.05, 0) is 6.92 Å². The minimum absolute atomic E-state index is 0.219. The van der Waals surface area contributed by atoms with Crippen LogP contribution in [0.2, 0.25) is 0 Å². The third kappa shape index (κ3) is 5.66. The minimum atomic E-state index is -0.656. The van der Waals surface area contributed by atoms with E-state index in [2.05, 4.69) is 10.6 Å². The van der Waals surface area contributed by atoms with E-state index in [1.54, 1.807) is 0 Å². The highest BCUT2D eigenvalue weighted by Crippen LogP contribution is 1.80. The number of primary amides is 1. The topological polar surface area (TPSA) is 101 Å². The maximum absolute atomic E-state index is 11.0. The molecule has 0 aliphatic heterocycles. The third-order valence-electron chi connectivity index (χ3n) is 1.25. The van der Waals surface area contributed by atoms with E-state index in [-0.39, 0.29) is 12.5 Å². The van der Waals surface area contributed by atoms with Crippen molar-refractivity contribution in [3.63, 3.8) is 0 Å². The van der Waals surface area contributed by atoms with Crippen LogP contribution in [-0.2, 0) is 14.4 Å². The summed E-state index contributed by atoms with van der Waals surface area (Å²) in [6, 6.07) is -0.656. The molecule has 0 unspecified atom stereocenters. The fraction of sp³-hybridized carbons (Fsp3) is 0.571. The van der Waals surface area contributed by atoms with Crippen LogP contribution in [0.4, 0.5) is 0 Å². The van der Waals surface area contributed by atoms with Crippen molar-refractivity contribution < 1.29 is 14.4 Å². The number of nitrogens with one attached hydrogen (secondary N) is 2. The van der Waals surface area contributed by atoms with Crippen molar-refractivity contribution in [2.75, 3.05) is 6.54 Å². The molecule has 6 heteroatoms. The molecule has 0 saturated carbocycles. The molecule has 0 rings (SSSR count). The second kappa shape index (κ2) is 5.13. The number of hydrogen-bond donors (Lipinski definition) is 3. The normalized spacial score (nSPS) is 11.5. The first kappa shape index (κ1) is 11.4. The summed E-state index contributed by atoms with van der Waals surface area (Å²) in [6.45, 7) is 2.60. The van der Waals surface area contributed by atoms with Gasteiger partial charge in [0.25, 0.3) is 0 Å². The monoisotopic (exact) mass is 187 g/mol. The van der Waals surface area contributed by atoms with Gasteiger partial charge in [0.1, 0.15) is 6.04 Å². The lowest BCUT2D eigenvalue weighted by Gasteiger charge is -2.11. The molecule has 3 amide bonds. The third-order valence-corrected chi connectivity index (χ3v) is 1.25. The van der Waals surface area contributed by atoms with Crippen LogP contribution in [0.3, 0.4) is 0 Å². The first-order valence-corrected chi connectivity index (χ1v) is 3.76. The Morgan fingerprint density at radius 3 is 2.31 bits per heavy atom. The van der Waals surface area contributed by atoms with Gasteiger partial charge in [0, 0.05) is 6.92 Å². The predicted molar refractivity (Wildman–Crippen MR) is 45.5 cm³/mol.